The summed E-state index contributed by atoms with van der Waals surface area (Å²) in [6.07, 6.45) is 50.9. The third kappa shape index (κ3) is 41.4. The molecule has 0 unspecified atom stereocenters. The summed E-state index contributed by atoms with van der Waals surface area (Å²) in [5.74, 6) is -0.936. The van der Waals surface area contributed by atoms with E-state index >= 15 is 0 Å². The number of carbonyl (C=O) groups excluding carboxylic acids is 3. The molecule has 0 saturated carbocycles. The number of phosphoric ester groups is 1. The lowest BCUT2D eigenvalue weighted by Gasteiger charge is -2.18. The van der Waals surface area contributed by atoms with Crippen LogP contribution < -0.4 is 0 Å². The van der Waals surface area contributed by atoms with Crippen molar-refractivity contribution in [2.75, 3.05) is 13.2 Å². The van der Waals surface area contributed by atoms with Crippen LogP contribution in [0.2, 0.25) is 0 Å². The first-order valence-corrected chi connectivity index (χ1v) is 21.7. The largest absolute Gasteiger partial charge is 0.469 e. The second-order valence-electron chi connectivity index (χ2n) is 12.9. The van der Waals surface area contributed by atoms with E-state index in [4.69, 9.17) is 19.3 Å². The van der Waals surface area contributed by atoms with Gasteiger partial charge in [-0.3, -0.25) is 18.9 Å². The van der Waals surface area contributed by atoms with E-state index in [1.54, 1.807) is 12.2 Å². The van der Waals surface area contributed by atoms with E-state index in [-0.39, 0.29) is 25.2 Å². The molecule has 0 aromatic rings. The summed E-state index contributed by atoms with van der Waals surface area (Å²) >= 11 is 0. The molecule has 0 rings (SSSR count). The molecule has 308 valence electrons. The monoisotopic (exact) mass is 784 g/mol. The van der Waals surface area contributed by atoms with Crippen LogP contribution in [0.25, 0.3) is 0 Å². The number of ketones is 1. The quantitative estimate of drug-likeness (QED) is 0.0161. The maximum Gasteiger partial charge on any atom is 0.469 e. The number of hydrogen-bond donors (Lipinski definition) is 2. The van der Waals surface area contributed by atoms with Crippen LogP contribution in [0.4, 0.5) is 0 Å². The predicted molar refractivity (Wildman–Crippen MR) is 225 cm³/mol. The lowest BCUT2D eigenvalue weighted by molar-refractivity contribution is -0.161. The zero-order valence-electron chi connectivity index (χ0n) is 33.5. The van der Waals surface area contributed by atoms with Gasteiger partial charge >= 0.3 is 19.8 Å². The van der Waals surface area contributed by atoms with Crippen LogP contribution in [-0.2, 0) is 32.9 Å². The number of esters is 2. The summed E-state index contributed by atoms with van der Waals surface area (Å²) < 4.78 is 26.2. The number of carbonyl (C=O) groups is 3. The van der Waals surface area contributed by atoms with Crippen LogP contribution in [0.15, 0.2) is 109 Å². The van der Waals surface area contributed by atoms with Crippen LogP contribution in [-0.4, -0.2) is 46.8 Å². The van der Waals surface area contributed by atoms with Crippen molar-refractivity contribution in [3.63, 3.8) is 0 Å². The molecule has 0 aliphatic carbocycles. The predicted octanol–water partition coefficient (Wildman–Crippen LogP) is 11.6. The van der Waals surface area contributed by atoms with Gasteiger partial charge in [0, 0.05) is 19.3 Å². The van der Waals surface area contributed by atoms with Gasteiger partial charge in [0.1, 0.15) is 6.61 Å². The Labute approximate surface area is 332 Å². The van der Waals surface area contributed by atoms with Crippen molar-refractivity contribution >= 4 is 25.5 Å². The summed E-state index contributed by atoms with van der Waals surface area (Å²) in [4.78, 5) is 54.4. The molecule has 0 saturated heterocycles. The maximum absolute atomic E-state index is 12.4. The topological polar surface area (TPSA) is 136 Å². The lowest BCUT2D eigenvalue weighted by atomic mass is 10.1. The van der Waals surface area contributed by atoms with E-state index in [1.165, 1.54) is 25.7 Å². The van der Waals surface area contributed by atoms with Gasteiger partial charge in [-0.05, 0) is 83.1 Å². The summed E-state index contributed by atoms with van der Waals surface area (Å²) in [6.45, 7) is 3.36. The second-order valence-corrected chi connectivity index (χ2v) is 14.2. The summed E-state index contributed by atoms with van der Waals surface area (Å²) in [5, 5.41) is 0. The van der Waals surface area contributed by atoms with Crippen LogP contribution >= 0.6 is 7.82 Å². The summed E-state index contributed by atoms with van der Waals surface area (Å²) in [5.41, 5.74) is 0. The standard InChI is InChI=1S/C45H69O9P/c1-3-5-7-8-9-10-11-12-13-14-15-16-17-18-21-24-27-30-34-38-44(47)52-40-43(41-53-55(49,50)51)54-45(48)39-35-31-28-25-22-19-20-23-26-29-33-37-42(46)36-32-6-4-2/h9-10,12-13,15-16,18-21,25-30,33,37,43H,3-8,11,14,17,22-24,31-32,34-36,38-41H2,1-2H3,(H2,49,50,51)/b10-9-,13-12-,16-15-,20-19-,21-18-,28-25-,29-26-,30-27-,37-33+/t43-/m1/s1. The molecule has 0 aromatic heterocycles. The number of allylic oxidation sites excluding steroid dienone is 18. The molecule has 55 heavy (non-hydrogen) atoms. The zero-order valence-corrected chi connectivity index (χ0v) is 34.4. The molecule has 0 aliphatic rings. The fourth-order valence-corrected chi connectivity index (χ4v) is 5.07. The normalized spacial score (nSPS) is 13.5. The highest BCUT2D eigenvalue weighted by Gasteiger charge is 2.22. The minimum Gasteiger partial charge on any atom is -0.462 e. The molecule has 0 bridgehead atoms. The highest BCUT2D eigenvalue weighted by molar-refractivity contribution is 7.46. The van der Waals surface area contributed by atoms with Crippen molar-refractivity contribution in [2.24, 2.45) is 0 Å². The van der Waals surface area contributed by atoms with Gasteiger partial charge in [-0.1, -0.05) is 143 Å². The van der Waals surface area contributed by atoms with E-state index in [2.05, 4.69) is 67.0 Å². The van der Waals surface area contributed by atoms with Crippen LogP contribution in [0.1, 0.15) is 136 Å². The number of unbranched alkanes of at least 4 members (excludes halogenated alkanes) is 6. The molecule has 0 radical (unpaired) electrons. The molecule has 0 amide bonds. The first-order valence-electron chi connectivity index (χ1n) is 20.1. The fraction of sp³-hybridized carbons (Fsp3) is 0.533. The molecule has 2 N–H and O–H groups in total. The molecule has 0 fully saturated rings. The average Bonchev–Trinajstić information content (AvgIpc) is 3.15. The Morgan fingerprint density at radius 1 is 0.527 bits per heavy atom. The third-order valence-corrected chi connectivity index (χ3v) is 8.24. The Morgan fingerprint density at radius 2 is 1.02 bits per heavy atom. The van der Waals surface area contributed by atoms with Gasteiger partial charge in [0.15, 0.2) is 11.9 Å². The highest BCUT2D eigenvalue weighted by atomic mass is 31.2. The van der Waals surface area contributed by atoms with Crippen molar-refractivity contribution in [3.8, 4) is 0 Å². The highest BCUT2D eigenvalue weighted by Crippen LogP contribution is 2.35. The minimum absolute atomic E-state index is 0.0875. The SMILES string of the molecule is CCCCC/C=C\C/C=C\C/C=C\C/C=C\C/C=C\CCC(=O)OC[C@H](COP(=O)(O)O)OC(=O)CCC/C=C\C/C=C\C/C=C\C=C\C(=O)CCCCC. The summed E-state index contributed by atoms with van der Waals surface area (Å²) in [6, 6.07) is 0. The van der Waals surface area contributed by atoms with Crippen LogP contribution in [0, 0.1) is 0 Å². The van der Waals surface area contributed by atoms with Gasteiger partial charge in [0.2, 0.25) is 0 Å². The van der Waals surface area contributed by atoms with Gasteiger partial charge in [-0.25, -0.2) is 4.57 Å². The molecule has 0 spiro atoms. The molecule has 0 heterocycles. The Kier molecular flexibility index (Phi) is 36.1. The third-order valence-electron chi connectivity index (χ3n) is 7.75. The number of hydrogen-bond acceptors (Lipinski definition) is 7. The van der Waals surface area contributed by atoms with E-state index in [9.17, 15) is 18.9 Å². The van der Waals surface area contributed by atoms with Crippen molar-refractivity contribution in [3.05, 3.63) is 109 Å². The first kappa shape index (κ1) is 51.4. The Bertz CT molecular complexity index is 1310. The van der Waals surface area contributed by atoms with Gasteiger partial charge < -0.3 is 19.3 Å². The minimum atomic E-state index is -4.81. The van der Waals surface area contributed by atoms with E-state index < -0.39 is 32.5 Å². The smallest absolute Gasteiger partial charge is 0.462 e. The average molecular weight is 785 g/mol. The molecule has 10 heteroatoms. The number of ether oxygens (including phenoxy) is 2. The zero-order chi connectivity index (χ0) is 40.5. The van der Waals surface area contributed by atoms with E-state index in [1.807, 2.05) is 48.6 Å². The Hall–Kier alpha value is -3.62. The van der Waals surface area contributed by atoms with Gasteiger partial charge in [0.05, 0.1) is 6.61 Å². The van der Waals surface area contributed by atoms with Crippen LogP contribution in [0.3, 0.4) is 0 Å². The lowest BCUT2D eigenvalue weighted by Crippen LogP contribution is -2.29. The molecular formula is C45H69O9P. The van der Waals surface area contributed by atoms with E-state index in [0.29, 0.717) is 25.7 Å². The van der Waals surface area contributed by atoms with E-state index in [0.717, 1.165) is 57.8 Å². The maximum atomic E-state index is 12.4. The molecule has 0 aromatic carbocycles. The molecular weight excluding hydrogens is 715 g/mol. The first-order chi connectivity index (χ1) is 26.7. The Balaban J connectivity index is 4.24. The van der Waals surface area contributed by atoms with Crippen molar-refractivity contribution < 1.29 is 42.7 Å². The summed E-state index contributed by atoms with van der Waals surface area (Å²) in [7, 11) is -4.81. The fourth-order valence-electron chi connectivity index (χ4n) is 4.71. The molecule has 9 nitrogen and oxygen atoms in total. The van der Waals surface area contributed by atoms with Gasteiger partial charge in [-0.15, -0.1) is 0 Å². The van der Waals surface area contributed by atoms with Crippen molar-refractivity contribution in [1.29, 1.82) is 0 Å². The van der Waals surface area contributed by atoms with Gasteiger partial charge in [-0.2, -0.15) is 0 Å². The van der Waals surface area contributed by atoms with Crippen molar-refractivity contribution in [2.45, 2.75) is 142 Å². The Morgan fingerprint density at radius 3 is 1.56 bits per heavy atom. The molecule has 1 atom stereocenters. The molecule has 0 aliphatic heterocycles. The number of phosphoric acid groups is 1. The second kappa shape index (κ2) is 38.6. The van der Waals surface area contributed by atoms with Gasteiger partial charge in [0.25, 0.3) is 0 Å². The number of rotatable bonds is 35. The van der Waals surface area contributed by atoms with Crippen LogP contribution in [0.5, 0.6) is 0 Å². The van der Waals surface area contributed by atoms with Crippen molar-refractivity contribution in [1.82, 2.24) is 0 Å².